The fourth-order valence-electron chi connectivity index (χ4n) is 4.58. The predicted octanol–water partition coefficient (Wildman–Crippen LogP) is 5.89. The standard InChI is InChI=1S/C31H33NO6/c1-19(2)37-24-13-8-11-21(16-24)28-27(29(33)22-12-9-14-25(17-22)38-20(3)4)30(34)31(35)32(28)18-23-10-6-7-15-26(23)36-5/h6-17,19-20,28,33H,18H2,1-5H3/b29-27-. The average Bonchev–Trinajstić information content (AvgIpc) is 3.13. The third-order valence-corrected chi connectivity index (χ3v) is 6.10. The molecule has 3 aromatic rings. The third kappa shape index (κ3) is 5.67. The van der Waals surface area contributed by atoms with E-state index in [0.29, 0.717) is 28.4 Å². The van der Waals surface area contributed by atoms with E-state index in [9.17, 15) is 14.7 Å². The minimum absolute atomic E-state index is 0.00768. The van der Waals surface area contributed by atoms with E-state index < -0.39 is 17.7 Å². The Kier molecular flexibility index (Phi) is 8.05. The number of hydrogen-bond donors (Lipinski definition) is 1. The number of carbonyl (C=O) groups excluding carboxylic acids is 2. The molecule has 0 bridgehead atoms. The second kappa shape index (κ2) is 11.4. The van der Waals surface area contributed by atoms with Gasteiger partial charge in [-0.1, -0.05) is 42.5 Å². The zero-order chi connectivity index (χ0) is 27.4. The van der Waals surface area contributed by atoms with Gasteiger partial charge in [-0.3, -0.25) is 9.59 Å². The summed E-state index contributed by atoms with van der Waals surface area (Å²) in [6, 6.07) is 20.6. The van der Waals surface area contributed by atoms with Crippen molar-refractivity contribution in [2.45, 2.75) is 52.5 Å². The van der Waals surface area contributed by atoms with E-state index in [1.165, 1.54) is 4.90 Å². The molecule has 0 spiro atoms. The van der Waals surface area contributed by atoms with Crippen LogP contribution < -0.4 is 14.2 Å². The van der Waals surface area contributed by atoms with E-state index >= 15 is 0 Å². The maximum Gasteiger partial charge on any atom is 0.295 e. The Hall–Kier alpha value is -4.26. The summed E-state index contributed by atoms with van der Waals surface area (Å²) in [5.74, 6) is 0.0349. The Bertz CT molecular complexity index is 1360. The van der Waals surface area contributed by atoms with Crippen molar-refractivity contribution in [2.75, 3.05) is 7.11 Å². The van der Waals surface area contributed by atoms with Crippen molar-refractivity contribution in [3.63, 3.8) is 0 Å². The number of aliphatic hydroxyl groups is 1. The fraction of sp³-hybridized carbons (Fsp3) is 0.290. The van der Waals surface area contributed by atoms with Crippen LogP contribution in [-0.2, 0) is 16.1 Å². The molecule has 7 nitrogen and oxygen atoms in total. The molecule has 0 radical (unpaired) electrons. The number of ether oxygens (including phenoxy) is 3. The number of ketones is 1. The lowest BCUT2D eigenvalue weighted by Gasteiger charge is -2.26. The van der Waals surface area contributed by atoms with E-state index in [2.05, 4.69) is 0 Å². The molecule has 4 rings (SSSR count). The summed E-state index contributed by atoms with van der Waals surface area (Å²) in [5.41, 5.74) is 1.78. The van der Waals surface area contributed by atoms with Crippen LogP contribution in [0.15, 0.2) is 78.4 Å². The summed E-state index contributed by atoms with van der Waals surface area (Å²) in [4.78, 5) is 28.4. The summed E-state index contributed by atoms with van der Waals surface area (Å²) in [7, 11) is 1.56. The van der Waals surface area contributed by atoms with Gasteiger partial charge in [0, 0.05) is 11.1 Å². The van der Waals surface area contributed by atoms with Crippen LogP contribution in [0.4, 0.5) is 0 Å². The van der Waals surface area contributed by atoms with Gasteiger partial charge < -0.3 is 24.2 Å². The van der Waals surface area contributed by atoms with Crippen molar-refractivity contribution in [2.24, 2.45) is 0 Å². The van der Waals surface area contributed by atoms with E-state index in [4.69, 9.17) is 14.2 Å². The Morgan fingerprint density at radius 2 is 1.50 bits per heavy atom. The number of hydrogen-bond acceptors (Lipinski definition) is 6. The molecule has 7 heteroatoms. The lowest BCUT2D eigenvalue weighted by Crippen LogP contribution is -2.29. The first kappa shape index (κ1) is 26.8. The Morgan fingerprint density at radius 3 is 2.16 bits per heavy atom. The zero-order valence-electron chi connectivity index (χ0n) is 22.3. The number of carbonyl (C=O) groups is 2. The molecule has 1 amide bonds. The molecular weight excluding hydrogens is 482 g/mol. The molecular formula is C31H33NO6. The van der Waals surface area contributed by atoms with E-state index in [-0.39, 0.29) is 30.1 Å². The number of benzene rings is 3. The second-order valence-corrected chi connectivity index (χ2v) is 9.67. The number of aliphatic hydroxyl groups excluding tert-OH is 1. The van der Waals surface area contributed by atoms with Gasteiger partial charge in [0.25, 0.3) is 11.7 Å². The second-order valence-electron chi connectivity index (χ2n) is 9.67. The van der Waals surface area contributed by atoms with Gasteiger partial charge >= 0.3 is 0 Å². The summed E-state index contributed by atoms with van der Waals surface area (Å²) < 4.78 is 17.2. The van der Waals surface area contributed by atoms with Gasteiger partial charge in [0.05, 0.1) is 37.5 Å². The van der Waals surface area contributed by atoms with Crippen molar-refractivity contribution in [1.29, 1.82) is 0 Å². The first-order chi connectivity index (χ1) is 18.2. The molecule has 0 aromatic heterocycles. The zero-order valence-corrected chi connectivity index (χ0v) is 22.3. The highest BCUT2D eigenvalue weighted by Crippen LogP contribution is 2.42. The van der Waals surface area contributed by atoms with Crippen LogP contribution >= 0.6 is 0 Å². The van der Waals surface area contributed by atoms with Crippen molar-refractivity contribution < 1.29 is 28.9 Å². The lowest BCUT2D eigenvalue weighted by atomic mass is 9.95. The third-order valence-electron chi connectivity index (χ3n) is 6.10. The largest absolute Gasteiger partial charge is 0.507 e. The van der Waals surface area contributed by atoms with Crippen LogP contribution in [-0.4, -0.2) is 41.0 Å². The fourth-order valence-corrected chi connectivity index (χ4v) is 4.58. The highest BCUT2D eigenvalue weighted by Gasteiger charge is 2.46. The molecule has 38 heavy (non-hydrogen) atoms. The molecule has 1 heterocycles. The number of Topliss-reactive ketones (excluding diaryl/α,β-unsaturated/α-hetero) is 1. The molecule has 0 aliphatic carbocycles. The number of methoxy groups -OCH3 is 1. The van der Waals surface area contributed by atoms with Crippen molar-refractivity contribution in [3.05, 3.63) is 95.1 Å². The van der Waals surface area contributed by atoms with Crippen LogP contribution in [0.25, 0.3) is 5.76 Å². The maximum atomic E-state index is 13.5. The molecule has 1 aliphatic rings. The van der Waals surface area contributed by atoms with Gasteiger partial charge in [-0.2, -0.15) is 0 Å². The monoisotopic (exact) mass is 515 g/mol. The number of rotatable bonds is 9. The Balaban J connectivity index is 1.86. The molecule has 1 aliphatic heterocycles. The van der Waals surface area contributed by atoms with Gasteiger partial charge in [-0.15, -0.1) is 0 Å². The van der Waals surface area contributed by atoms with E-state index in [1.807, 2.05) is 64.1 Å². The molecule has 198 valence electrons. The molecule has 3 aromatic carbocycles. The molecule has 1 fully saturated rings. The summed E-state index contributed by atoms with van der Waals surface area (Å²) >= 11 is 0. The van der Waals surface area contributed by atoms with E-state index in [0.717, 1.165) is 5.56 Å². The first-order valence-corrected chi connectivity index (χ1v) is 12.6. The SMILES string of the molecule is COc1ccccc1CN1C(=O)C(=O)/C(=C(\O)c2cccc(OC(C)C)c2)C1c1cccc(OC(C)C)c1. The summed E-state index contributed by atoms with van der Waals surface area (Å²) in [5, 5.41) is 11.5. The van der Waals surface area contributed by atoms with Gasteiger partial charge in [0.15, 0.2) is 0 Å². The summed E-state index contributed by atoms with van der Waals surface area (Å²) in [6.07, 6.45) is -0.128. The van der Waals surface area contributed by atoms with E-state index in [1.54, 1.807) is 43.5 Å². The maximum absolute atomic E-state index is 13.5. The number of likely N-dealkylation sites (tertiary alicyclic amines) is 1. The van der Waals surface area contributed by atoms with Crippen molar-refractivity contribution >= 4 is 17.4 Å². The lowest BCUT2D eigenvalue weighted by molar-refractivity contribution is -0.140. The molecule has 0 saturated carbocycles. The van der Waals surface area contributed by atoms with Crippen molar-refractivity contribution in [3.8, 4) is 17.2 Å². The topological polar surface area (TPSA) is 85.3 Å². The molecule has 1 unspecified atom stereocenters. The number of amides is 1. The Labute approximate surface area is 223 Å². The van der Waals surface area contributed by atoms with Gasteiger partial charge in [-0.05, 0) is 63.6 Å². The van der Waals surface area contributed by atoms with Crippen LogP contribution in [0.2, 0.25) is 0 Å². The van der Waals surface area contributed by atoms with Crippen LogP contribution in [0, 0.1) is 0 Å². The van der Waals surface area contributed by atoms with Gasteiger partial charge in [0.1, 0.15) is 23.0 Å². The number of para-hydroxylation sites is 1. The highest BCUT2D eigenvalue weighted by atomic mass is 16.5. The minimum Gasteiger partial charge on any atom is -0.507 e. The van der Waals surface area contributed by atoms with Gasteiger partial charge in [0.2, 0.25) is 0 Å². The number of nitrogens with zero attached hydrogens (tertiary/aromatic N) is 1. The Morgan fingerprint density at radius 1 is 0.868 bits per heavy atom. The minimum atomic E-state index is -0.842. The van der Waals surface area contributed by atoms with Gasteiger partial charge in [-0.25, -0.2) is 0 Å². The first-order valence-electron chi connectivity index (χ1n) is 12.6. The average molecular weight is 516 g/mol. The molecule has 1 atom stereocenters. The smallest absolute Gasteiger partial charge is 0.295 e. The van der Waals surface area contributed by atoms with Crippen LogP contribution in [0.5, 0.6) is 17.2 Å². The van der Waals surface area contributed by atoms with Crippen LogP contribution in [0.3, 0.4) is 0 Å². The molecule has 1 saturated heterocycles. The molecule has 1 N–H and O–H groups in total. The van der Waals surface area contributed by atoms with Crippen LogP contribution in [0.1, 0.15) is 50.4 Å². The highest BCUT2D eigenvalue weighted by molar-refractivity contribution is 6.46. The normalized spacial score (nSPS) is 16.8. The summed E-state index contributed by atoms with van der Waals surface area (Å²) in [6.45, 7) is 7.77. The van der Waals surface area contributed by atoms with Crippen molar-refractivity contribution in [1.82, 2.24) is 4.90 Å². The predicted molar refractivity (Wildman–Crippen MR) is 145 cm³/mol. The quantitative estimate of drug-likeness (QED) is 0.217.